The first-order chi connectivity index (χ1) is 23.3. The Labute approximate surface area is 281 Å². The fraction of sp³-hybridized carbons (Fsp3) is 0.361. The number of amides is 2. The molecule has 1 aromatic carbocycles. The third-order valence-corrected chi connectivity index (χ3v) is 8.93. The van der Waals surface area contributed by atoms with Crippen molar-refractivity contribution in [2.24, 2.45) is 11.6 Å². The lowest BCUT2D eigenvalue weighted by Crippen LogP contribution is -2.54. The Hall–Kier alpha value is -5.23. The van der Waals surface area contributed by atoms with Gasteiger partial charge in [0.2, 0.25) is 12.3 Å². The van der Waals surface area contributed by atoms with E-state index in [0.717, 1.165) is 48.1 Å². The maximum Gasteiger partial charge on any atom is 0.413 e. The summed E-state index contributed by atoms with van der Waals surface area (Å²) in [7, 11) is 0. The van der Waals surface area contributed by atoms with E-state index in [9.17, 15) is 9.59 Å². The highest BCUT2D eigenvalue weighted by Gasteiger charge is 2.41. The van der Waals surface area contributed by atoms with E-state index in [4.69, 9.17) is 25.9 Å². The summed E-state index contributed by atoms with van der Waals surface area (Å²) in [5, 5.41) is 5.32. The molecule has 48 heavy (non-hydrogen) atoms. The molecule has 1 aromatic heterocycles. The number of allylic oxidation sites excluding steroid dienone is 6. The number of rotatable bonds is 14. The van der Waals surface area contributed by atoms with Crippen LogP contribution in [0.5, 0.6) is 5.88 Å². The van der Waals surface area contributed by atoms with Gasteiger partial charge < -0.3 is 35.2 Å². The van der Waals surface area contributed by atoms with Gasteiger partial charge >= 0.3 is 6.09 Å². The van der Waals surface area contributed by atoms with Crippen molar-refractivity contribution in [3.8, 4) is 5.88 Å². The van der Waals surface area contributed by atoms with Crippen LogP contribution in [0.4, 0.5) is 16.2 Å². The van der Waals surface area contributed by atoms with Gasteiger partial charge in [-0.1, -0.05) is 30.9 Å². The molecule has 2 saturated heterocycles. The number of alkyl carbamates (subject to hydrolysis) is 1. The number of likely N-dealkylation sites (tertiary alicyclic amines) is 1. The predicted octanol–water partition coefficient (Wildman–Crippen LogP) is 5.14. The van der Waals surface area contributed by atoms with Gasteiger partial charge in [-0.25, -0.2) is 9.78 Å². The number of nitrogens with two attached hydrogens (primary N) is 2. The van der Waals surface area contributed by atoms with E-state index in [1.54, 1.807) is 30.3 Å². The van der Waals surface area contributed by atoms with Crippen molar-refractivity contribution < 1.29 is 23.9 Å². The Morgan fingerprint density at radius 3 is 2.46 bits per heavy atom. The highest BCUT2D eigenvalue weighted by molar-refractivity contribution is 5.71. The molecule has 2 aliphatic heterocycles. The lowest BCUT2D eigenvalue weighted by molar-refractivity contribution is -0.105. The molecule has 6 N–H and O–H groups in total. The van der Waals surface area contributed by atoms with Gasteiger partial charge in [-0.2, -0.15) is 5.90 Å². The molecule has 12 nitrogen and oxygen atoms in total. The fourth-order valence-corrected chi connectivity index (χ4v) is 6.35. The zero-order chi connectivity index (χ0) is 34.0. The second-order valence-electron chi connectivity index (χ2n) is 12.1. The van der Waals surface area contributed by atoms with Gasteiger partial charge in [0.15, 0.2) is 5.76 Å². The van der Waals surface area contributed by atoms with Crippen LogP contribution in [0.1, 0.15) is 51.5 Å². The molecule has 0 radical (unpaired) electrons. The number of piperazine rings is 1. The van der Waals surface area contributed by atoms with E-state index in [-0.39, 0.29) is 30.6 Å². The van der Waals surface area contributed by atoms with Crippen molar-refractivity contribution in [2.45, 2.75) is 70.7 Å². The molecular weight excluding hydrogens is 610 g/mol. The summed E-state index contributed by atoms with van der Waals surface area (Å²) in [5.74, 6) is 6.80. The highest BCUT2D eigenvalue weighted by atomic mass is 16.6. The molecule has 3 aliphatic rings. The number of anilines is 2. The first-order valence-electron chi connectivity index (χ1n) is 16.3. The molecule has 5 rings (SSSR count). The number of carbonyl (C=O) groups excluding carboxylic acids is 2. The summed E-state index contributed by atoms with van der Waals surface area (Å²) in [4.78, 5) is 37.9. The number of carbonyl (C=O) groups is 2. The summed E-state index contributed by atoms with van der Waals surface area (Å²) in [6, 6.07) is 11.5. The topological polar surface area (TPSA) is 157 Å². The first-order valence-corrected chi connectivity index (χ1v) is 16.3. The van der Waals surface area contributed by atoms with E-state index >= 15 is 0 Å². The number of aromatic nitrogens is 1. The standard InChI is InChI=1S/C36H45N7O5/c1-4-7-31(33(5-2)48-38)24(3)18-32(35(37)41-36(45)46-22-25-10-12-26(13-11-25)40-23-44)42-20-28-14-15-29(21-42)43(28)27-16-17-39-34(19-27)47-30-8-6-9-30/h4-5,7,10-13,16-19,23,28-30H,2,6,8-9,14-15,20-22,37-38H2,1,3H3,(H,40,44)(H,41,45)/b7-4-,24-18+,33-31-,35-32-. The quantitative estimate of drug-likeness (QED) is 0.0930. The maximum atomic E-state index is 13.0. The SMILES string of the molecule is C=C/C(ON)=C(\C=C/C)C(/C)=C/C(=C(\N)NC(=O)OCc1ccc(NC=O)cc1)N1CC2CCC(C1)N2c1ccnc(OC2CCC2)c1. The predicted molar refractivity (Wildman–Crippen MR) is 185 cm³/mol. The van der Waals surface area contributed by atoms with Crippen molar-refractivity contribution in [1.29, 1.82) is 0 Å². The number of hydrogen-bond donors (Lipinski definition) is 4. The zero-order valence-corrected chi connectivity index (χ0v) is 27.6. The van der Waals surface area contributed by atoms with Crippen LogP contribution in [0, 0.1) is 0 Å². The van der Waals surface area contributed by atoms with E-state index in [2.05, 4.69) is 38.1 Å². The Balaban J connectivity index is 1.38. The fourth-order valence-electron chi connectivity index (χ4n) is 6.35. The third-order valence-electron chi connectivity index (χ3n) is 8.93. The lowest BCUT2D eigenvalue weighted by Gasteiger charge is -2.44. The van der Waals surface area contributed by atoms with Crippen LogP contribution in [-0.2, 0) is 21.0 Å². The van der Waals surface area contributed by atoms with Crippen LogP contribution < -0.4 is 31.9 Å². The van der Waals surface area contributed by atoms with Crippen LogP contribution >= 0.6 is 0 Å². The third kappa shape index (κ3) is 8.18. The zero-order valence-electron chi connectivity index (χ0n) is 27.6. The minimum absolute atomic E-state index is 0.0244. The van der Waals surface area contributed by atoms with Crippen LogP contribution in [0.3, 0.4) is 0 Å². The van der Waals surface area contributed by atoms with E-state index in [1.807, 2.05) is 44.3 Å². The Morgan fingerprint density at radius 2 is 1.85 bits per heavy atom. The van der Waals surface area contributed by atoms with Crippen LogP contribution in [0.15, 0.2) is 102 Å². The molecule has 3 heterocycles. The molecule has 2 amide bonds. The van der Waals surface area contributed by atoms with Gasteiger partial charge in [0, 0.05) is 54.4 Å². The normalized spacial score (nSPS) is 20.4. The molecule has 254 valence electrons. The first kappa shape index (κ1) is 34.1. The summed E-state index contributed by atoms with van der Waals surface area (Å²) in [5.41, 5.74) is 11.4. The Morgan fingerprint density at radius 1 is 1.12 bits per heavy atom. The van der Waals surface area contributed by atoms with Gasteiger partial charge in [0.05, 0.1) is 5.70 Å². The minimum atomic E-state index is -0.690. The number of nitrogens with zero attached hydrogens (tertiary/aromatic N) is 3. The number of ether oxygens (including phenoxy) is 2. The average Bonchev–Trinajstić information content (AvgIpc) is 3.34. The monoisotopic (exact) mass is 655 g/mol. The van der Waals surface area contributed by atoms with Crippen LogP contribution in [-0.4, -0.2) is 53.7 Å². The Kier molecular flexibility index (Phi) is 11.4. The van der Waals surface area contributed by atoms with E-state index < -0.39 is 6.09 Å². The van der Waals surface area contributed by atoms with Crippen molar-refractivity contribution in [3.63, 3.8) is 0 Å². The number of fused-ring (bicyclic) bond motifs is 2. The maximum absolute atomic E-state index is 13.0. The summed E-state index contributed by atoms with van der Waals surface area (Å²) in [6.07, 6.45) is 14.6. The van der Waals surface area contributed by atoms with Crippen molar-refractivity contribution in [3.05, 3.63) is 107 Å². The molecule has 3 fully saturated rings. The summed E-state index contributed by atoms with van der Waals surface area (Å²) < 4.78 is 11.6. The molecule has 2 bridgehead atoms. The molecule has 12 heteroatoms. The molecule has 2 atom stereocenters. The molecule has 2 unspecified atom stereocenters. The van der Waals surface area contributed by atoms with E-state index in [0.29, 0.717) is 42.5 Å². The molecular formula is C36H45N7O5. The smallest absolute Gasteiger partial charge is 0.413 e. The van der Waals surface area contributed by atoms with Gasteiger partial charge in [-0.3, -0.25) is 10.1 Å². The molecule has 1 aliphatic carbocycles. The van der Waals surface area contributed by atoms with Crippen molar-refractivity contribution >= 4 is 23.9 Å². The number of hydrogen-bond acceptors (Lipinski definition) is 10. The average molecular weight is 656 g/mol. The molecule has 2 aromatic rings. The number of pyridine rings is 1. The van der Waals surface area contributed by atoms with Gasteiger partial charge in [0.1, 0.15) is 18.5 Å². The second-order valence-corrected chi connectivity index (χ2v) is 12.1. The number of benzene rings is 1. The molecule has 0 spiro atoms. The summed E-state index contributed by atoms with van der Waals surface area (Å²) in [6.45, 7) is 9.05. The van der Waals surface area contributed by atoms with Gasteiger partial charge in [-0.05, 0) is 87.4 Å². The van der Waals surface area contributed by atoms with Crippen LogP contribution in [0.25, 0.3) is 0 Å². The Bertz CT molecular complexity index is 1580. The van der Waals surface area contributed by atoms with Gasteiger partial charge in [-0.15, -0.1) is 0 Å². The highest BCUT2D eigenvalue weighted by Crippen LogP contribution is 2.38. The van der Waals surface area contributed by atoms with E-state index in [1.165, 1.54) is 6.42 Å². The minimum Gasteiger partial charge on any atom is -0.474 e. The van der Waals surface area contributed by atoms with Gasteiger partial charge in [0.25, 0.3) is 0 Å². The number of nitrogens with one attached hydrogen (secondary N) is 2. The largest absolute Gasteiger partial charge is 0.474 e. The van der Waals surface area contributed by atoms with Crippen molar-refractivity contribution in [2.75, 3.05) is 23.3 Å². The van der Waals surface area contributed by atoms with Crippen molar-refractivity contribution in [1.82, 2.24) is 15.2 Å². The lowest BCUT2D eigenvalue weighted by atomic mass is 9.96. The summed E-state index contributed by atoms with van der Waals surface area (Å²) >= 11 is 0. The second kappa shape index (κ2) is 16.1. The molecule has 1 saturated carbocycles. The van der Waals surface area contributed by atoms with Crippen LogP contribution in [0.2, 0.25) is 0 Å².